The van der Waals surface area contributed by atoms with Gasteiger partial charge in [-0.25, -0.2) is 5.09 Å². The Kier molecular flexibility index (Phi) is 7.17. The summed E-state index contributed by atoms with van der Waals surface area (Å²) < 4.78 is 12.0. The van der Waals surface area contributed by atoms with Crippen molar-refractivity contribution in [3.05, 3.63) is 30.1 Å². The van der Waals surface area contributed by atoms with Gasteiger partial charge in [0, 0.05) is 25.0 Å². The number of aromatic nitrogens is 1. The van der Waals surface area contributed by atoms with E-state index in [1.807, 2.05) is 6.07 Å². The topological polar surface area (TPSA) is 137 Å². The van der Waals surface area contributed by atoms with Gasteiger partial charge < -0.3 is 15.1 Å². The number of rotatable bonds is 10. The maximum Gasteiger partial charge on any atom is 0.321 e. The van der Waals surface area contributed by atoms with Gasteiger partial charge in [0.2, 0.25) is 0 Å². The first kappa shape index (κ1) is 18.3. The Morgan fingerprint density at radius 3 is 2.64 bits per heavy atom. The molecule has 1 rings (SSSR count). The zero-order valence-corrected chi connectivity index (χ0v) is 12.8. The van der Waals surface area contributed by atoms with E-state index in [9.17, 15) is 19.0 Å². The van der Waals surface area contributed by atoms with Crippen LogP contribution in [0.2, 0.25) is 0 Å². The number of hydrogen-bond acceptors (Lipinski definition) is 4. The third-order valence-electron chi connectivity index (χ3n) is 2.95. The zero-order valence-electron chi connectivity index (χ0n) is 11.9. The number of aryl methyl sites for hydroxylation is 1. The first-order chi connectivity index (χ1) is 10.3. The van der Waals surface area contributed by atoms with Crippen LogP contribution in [0.25, 0.3) is 0 Å². The molecule has 0 aliphatic heterocycles. The van der Waals surface area contributed by atoms with Crippen molar-refractivity contribution in [2.45, 2.75) is 31.7 Å². The van der Waals surface area contributed by atoms with Crippen LogP contribution in [-0.4, -0.2) is 44.2 Å². The van der Waals surface area contributed by atoms with E-state index in [4.69, 9.17) is 10.2 Å². The van der Waals surface area contributed by atoms with Gasteiger partial charge in [0.25, 0.3) is 7.52 Å². The van der Waals surface area contributed by atoms with Crippen LogP contribution in [0.4, 0.5) is 0 Å². The maximum atomic E-state index is 12.0. The normalized spacial score (nSPS) is 15.0. The quantitative estimate of drug-likeness (QED) is 0.468. The average molecular weight is 330 g/mol. The van der Waals surface area contributed by atoms with Crippen molar-refractivity contribution in [1.29, 1.82) is 0 Å². The molecule has 1 aromatic heterocycles. The molecule has 0 bridgehead atoms. The first-order valence-corrected chi connectivity index (χ1v) is 8.58. The van der Waals surface area contributed by atoms with Gasteiger partial charge in [-0.2, -0.15) is 0 Å². The second kappa shape index (κ2) is 8.63. The number of nitrogens with zero attached hydrogens (tertiary/aromatic N) is 1. The van der Waals surface area contributed by atoms with Gasteiger partial charge in [-0.15, -0.1) is 0 Å². The van der Waals surface area contributed by atoms with Gasteiger partial charge in [0.15, 0.2) is 0 Å². The SMILES string of the molecule is O=C(O)CCC(NP(=O)(O)CCCc1cccnc1)C(=O)O. The molecule has 0 spiro atoms. The number of nitrogens with one attached hydrogen (secondary N) is 1. The Hall–Kier alpha value is -1.76. The molecule has 0 radical (unpaired) electrons. The fourth-order valence-corrected chi connectivity index (χ4v) is 3.31. The lowest BCUT2D eigenvalue weighted by molar-refractivity contribution is -0.140. The molecular weight excluding hydrogens is 311 g/mol. The molecule has 0 aromatic carbocycles. The smallest absolute Gasteiger partial charge is 0.321 e. The Morgan fingerprint density at radius 1 is 1.36 bits per heavy atom. The van der Waals surface area contributed by atoms with Crippen molar-refractivity contribution in [3.8, 4) is 0 Å². The van der Waals surface area contributed by atoms with Crippen LogP contribution in [0.3, 0.4) is 0 Å². The Bertz CT molecular complexity index is 551. The number of carboxylic acids is 2. The summed E-state index contributed by atoms with van der Waals surface area (Å²) in [5, 5.41) is 19.7. The molecule has 1 aromatic rings. The number of aliphatic carboxylic acids is 2. The molecule has 2 atom stereocenters. The second-order valence-electron chi connectivity index (χ2n) is 4.84. The van der Waals surface area contributed by atoms with Crippen molar-refractivity contribution in [2.75, 3.05) is 6.16 Å². The van der Waals surface area contributed by atoms with Crippen molar-refractivity contribution in [1.82, 2.24) is 10.1 Å². The van der Waals surface area contributed by atoms with Crippen molar-refractivity contribution in [3.63, 3.8) is 0 Å². The van der Waals surface area contributed by atoms with Crippen molar-refractivity contribution in [2.24, 2.45) is 0 Å². The summed E-state index contributed by atoms with van der Waals surface area (Å²) in [7, 11) is -3.84. The third-order valence-corrected chi connectivity index (χ3v) is 4.59. The highest BCUT2D eigenvalue weighted by atomic mass is 31.2. The number of carboxylic acid groups (broad SMARTS) is 2. The maximum absolute atomic E-state index is 12.0. The summed E-state index contributed by atoms with van der Waals surface area (Å²) in [4.78, 5) is 35.2. The summed E-state index contributed by atoms with van der Waals surface area (Å²) in [5.41, 5.74) is 0.920. The van der Waals surface area contributed by atoms with Gasteiger partial charge in [-0.05, 0) is 30.9 Å². The molecule has 9 heteroatoms. The van der Waals surface area contributed by atoms with Crippen LogP contribution < -0.4 is 5.09 Å². The molecule has 0 saturated heterocycles. The van der Waals surface area contributed by atoms with Crippen LogP contribution in [0.1, 0.15) is 24.8 Å². The minimum Gasteiger partial charge on any atom is -0.481 e. The lowest BCUT2D eigenvalue weighted by atomic mass is 10.2. The van der Waals surface area contributed by atoms with Crippen LogP contribution in [0.5, 0.6) is 0 Å². The average Bonchev–Trinajstić information content (AvgIpc) is 2.44. The van der Waals surface area contributed by atoms with Crippen molar-refractivity contribution < 1.29 is 29.3 Å². The van der Waals surface area contributed by atoms with Crippen LogP contribution >= 0.6 is 7.52 Å². The highest BCUT2D eigenvalue weighted by Crippen LogP contribution is 2.37. The van der Waals surface area contributed by atoms with Crippen LogP contribution in [0, 0.1) is 0 Å². The molecule has 4 N–H and O–H groups in total. The first-order valence-electron chi connectivity index (χ1n) is 6.73. The van der Waals surface area contributed by atoms with E-state index < -0.39 is 25.5 Å². The Morgan fingerprint density at radius 2 is 2.09 bits per heavy atom. The standard InChI is InChI=1S/C13H19N2O6P/c16-12(17)6-5-11(13(18)19)15-22(20,21)8-2-4-10-3-1-7-14-9-10/h1,3,7,9,11H,2,4-6,8H2,(H,16,17)(H,18,19)(H2,15,20,21). The fourth-order valence-electron chi connectivity index (χ4n) is 1.86. The van der Waals surface area contributed by atoms with E-state index in [2.05, 4.69) is 10.1 Å². The van der Waals surface area contributed by atoms with Crippen molar-refractivity contribution >= 4 is 19.5 Å². The van der Waals surface area contributed by atoms with Gasteiger partial charge in [-0.3, -0.25) is 19.1 Å². The summed E-state index contributed by atoms with van der Waals surface area (Å²) in [6.07, 6.45) is 3.48. The fraction of sp³-hybridized carbons (Fsp3) is 0.462. The van der Waals surface area contributed by atoms with Gasteiger partial charge in [0.1, 0.15) is 6.04 Å². The van der Waals surface area contributed by atoms with E-state index >= 15 is 0 Å². The molecule has 0 aliphatic rings. The van der Waals surface area contributed by atoms with E-state index in [1.54, 1.807) is 18.5 Å². The Labute approximate surface area is 127 Å². The molecule has 0 saturated carbocycles. The molecule has 0 amide bonds. The highest BCUT2D eigenvalue weighted by Gasteiger charge is 2.27. The molecular formula is C13H19N2O6P. The lowest BCUT2D eigenvalue weighted by Crippen LogP contribution is -2.35. The predicted octanol–water partition coefficient (Wildman–Crippen LogP) is 1.11. The van der Waals surface area contributed by atoms with Crippen LogP contribution in [-0.2, 0) is 20.6 Å². The van der Waals surface area contributed by atoms with E-state index in [0.717, 1.165) is 5.56 Å². The summed E-state index contributed by atoms with van der Waals surface area (Å²) in [6.45, 7) is 0. The minimum atomic E-state index is -3.84. The molecule has 8 nitrogen and oxygen atoms in total. The van der Waals surface area contributed by atoms with Gasteiger partial charge in [-0.1, -0.05) is 6.07 Å². The number of carbonyl (C=O) groups is 2. The van der Waals surface area contributed by atoms with E-state index in [1.165, 1.54) is 0 Å². The molecule has 2 unspecified atom stereocenters. The van der Waals surface area contributed by atoms with E-state index in [-0.39, 0.29) is 19.0 Å². The monoisotopic (exact) mass is 330 g/mol. The van der Waals surface area contributed by atoms with Gasteiger partial charge >= 0.3 is 11.9 Å². The second-order valence-corrected chi connectivity index (χ2v) is 6.95. The minimum absolute atomic E-state index is 0.0985. The largest absolute Gasteiger partial charge is 0.481 e. The summed E-state index contributed by atoms with van der Waals surface area (Å²) in [5.74, 6) is -2.50. The number of hydrogen-bond donors (Lipinski definition) is 4. The zero-order chi connectivity index (χ0) is 16.6. The third kappa shape index (κ3) is 7.31. The molecule has 0 fully saturated rings. The molecule has 122 valence electrons. The Balaban J connectivity index is 2.47. The summed E-state index contributed by atoms with van der Waals surface area (Å²) in [6, 6.07) is 2.25. The highest BCUT2D eigenvalue weighted by molar-refractivity contribution is 7.55. The lowest BCUT2D eigenvalue weighted by Gasteiger charge is -2.18. The molecule has 1 heterocycles. The molecule has 22 heavy (non-hydrogen) atoms. The van der Waals surface area contributed by atoms with Crippen LogP contribution in [0.15, 0.2) is 24.5 Å². The van der Waals surface area contributed by atoms with E-state index in [0.29, 0.717) is 12.8 Å². The predicted molar refractivity (Wildman–Crippen MR) is 78.7 cm³/mol. The summed E-state index contributed by atoms with van der Waals surface area (Å²) >= 11 is 0. The number of pyridine rings is 1. The molecule has 0 aliphatic carbocycles. The van der Waals surface area contributed by atoms with Gasteiger partial charge in [0.05, 0.1) is 0 Å².